The average molecular weight is 446 g/mol. The Bertz CT molecular complexity index is 1080. The Balaban J connectivity index is 2.42. The molecule has 1 heterocycles. The van der Waals surface area contributed by atoms with Crippen LogP contribution in [0.15, 0.2) is 24.3 Å². The number of carbonyl (C=O) groups excluding carboxylic acids is 1. The van der Waals surface area contributed by atoms with E-state index in [4.69, 9.17) is 4.74 Å². The molecule has 31 heavy (non-hydrogen) atoms. The number of ether oxygens (including phenoxy) is 1. The van der Waals surface area contributed by atoms with E-state index < -0.39 is 21.2 Å². The molecular weight excluding hydrogens is 414 g/mol. The van der Waals surface area contributed by atoms with Gasteiger partial charge in [0.1, 0.15) is 11.8 Å². The van der Waals surface area contributed by atoms with Crippen LogP contribution in [0.2, 0.25) is 0 Å². The fraction of sp³-hybridized carbons (Fsp3) is 0.478. The van der Waals surface area contributed by atoms with Crippen LogP contribution in [-0.4, -0.2) is 37.4 Å². The van der Waals surface area contributed by atoms with Crippen molar-refractivity contribution in [2.45, 2.75) is 52.2 Å². The van der Waals surface area contributed by atoms with E-state index in [1.165, 1.54) is 0 Å². The lowest BCUT2D eigenvalue weighted by molar-refractivity contribution is 0.0516. The molecule has 7 nitrogen and oxygen atoms in total. The van der Waals surface area contributed by atoms with Crippen molar-refractivity contribution in [2.75, 3.05) is 13.2 Å². The van der Waals surface area contributed by atoms with Crippen LogP contribution in [0.5, 0.6) is 0 Å². The van der Waals surface area contributed by atoms with Crippen LogP contribution in [-0.2, 0) is 28.2 Å². The first-order chi connectivity index (χ1) is 14.6. The van der Waals surface area contributed by atoms with Gasteiger partial charge in [-0.05, 0) is 44.2 Å². The number of nitriles is 1. The molecular formula is C23H31N3O4S. The van der Waals surface area contributed by atoms with Gasteiger partial charge in [0, 0.05) is 24.8 Å². The maximum atomic E-state index is 12.6. The molecule has 0 radical (unpaired) electrons. The number of sulfonamides is 1. The summed E-state index contributed by atoms with van der Waals surface area (Å²) in [6.07, 6.45) is 0.608. The lowest BCUT2D eigenvalue weighted by Crippen LogP contribution is -2.33. The Morgan fingerprint density at radius 3 is 2.29 bits per heavy atom. The van der Waals surface area contributed by atoms with Crippen LogP contribution in [0.1, 0.15) is 67.8 Å². The van der Waals surface area contributed by atoms with Crippen molar-refractivity contribution in [2.24, 2.45) is 7.05 Å². The van der Waals surface area contributed by atoms with Crippen LogP contribution < -0.4 is 4.72 Å². The third-order valence-corrected chi connectivity index (χ3v) is 7.22. The Kier molecular flexibility index (Phi) is 8.04. The molecule has 0 aliphatic carbocycles. The van der Waals surface area contributed by atoms with Crippen LogP contribution in [0.3, 0.4) is 0 Å². The molecule has 0 amide bonds. The number of esters is 1. The van der Waals surface area contributed by atoms with Crippen molar-refractivity contribution in [3.05, 3.63) is 46.8 Å². The summed E-state index contributed by atoms with van der Waals surface area (Å²) in [6, 6.07) is 9.78. The van der Waals surface area contributed by atoms with E-state index in [1.807, 2.05) is 38.1 Å². The number of carbonyl (C=O) groups is 1. The minimum Gasteiger partial charge on any atom is -0.461 e. The zero-order chi connectivity index (χ0) is 23.3. The summed E-state index contributed by atoms with van der Waals surface area (Å²) in [7, 11) is -1.56. The molecule has 0 bridgehead atoms. The van der Waals surface area contributed by atoms with Crippen molar-refractivity contribution in [1.29, 1.82) is 5.26 Å². The summed E-state index contributed by atoms with van der Waals surface area (Å²) in [5, 5.41) is 9.31. The second-order valence-corrected chi connectivity index (χ2v) is 10.1. The van der Waals surface area contributed by atoms with E-state index in [1.54, 1.807) is 32.4 Å². The molecule has 1 atom stereocenters. The summed E-state index contributed by atoms with van der Waals surface area (Å²) in [4.78, 5) is 12.6. The molecule has 168 valence electrons. The fourth-order valence-electron chi connectivity index (χ4n) is 3.49. The number of hydrogen-bond donors (Lipinski definition) is 1. The van der Waals surface area contributed by atoms with Crippen LogP contribution in [0.4, 0.5) is 0 Å². The van der Waals surface area contributed by atoms with E-state index in [0.29, 0.717) is 29.8 Å². The third kappa shape index (κ3) is 5.17. The predicted octanol–water partition coefficient (Wildman–Crippen LogP) is 3.73. The number of benzene rings is 1. The van der Waals surface area contributed by atoms with Crippen LogP contribution in [0.25, 0.3) is 11.1 Å². The van der Waals surface area contributed by atoms with Gasteiger partial charge >= 0.3 is 5.97 Å². The van der Waals surface area contributed by atoms with E-state index in [2.05, 4.69) is 10.8 Å². The van der Waals surface area contributed by atoms with Gasteiger partial charge in [0.05, 0.1) is 17.4 Å². The first kappa shape index (κ1) is 24.6. The number of hydrogen-bond acceptors (Lipinski definition) is 5. The van der Waals surface area contributed by atoms with Crippen molar-refractivity contribution in [3.63, 3.8) is 0 Å². The number of rotatable bonds is 9. The van der Waals surface area contributed by atoms with Gasteiger partial charge in [-0.15, -0.1) is 0 Å². The molecule has 1 aromatic heterocycles. The zero-order valence-corrected chi connectivity index (χ0v) is 19.8. The molecule has 8 heteroatoms. The molecule has 0 saturated carbocycles. The smallest absolute Gasteiger partial charge is 0.355 e. The first-order valence-electron chi connectivity index (χ1n) is 10.5. The summed E-state index contributed by atoms with van der Waals surface area (Å²) >= 11 is 0. The Labute approximate surface area is 185 Å². The predicted molar refractivity (Wildman–Crippen MR) is 121 cm³/mol. The van der Waals surface area contributed by atoms with Gasteiger partial charge in [0.25, 0.3) is 0 Å². The van der Waals surface area contributed by atoms with Crippen LogP contribution >= 0.6 is 0 Å². The van der Waals surface area contributed by atoms with E-state index in [9.17, 15) is 18.5 Å². The Morgan fingerprint density at radius 2 is 1.81 bits per heavy atom. The molecule has 1 N–H and O–H groups in total. The Hall–Kier alpha value is -2.63. The van der Waals surface area contributed by atoms with Gasteiger partial charge in [0.2, 0.25) is 10.0 Å². The summed E-state index contributed by atoms with van der Waals surface area (Å²) in [6.45, 7) is 9.45. The number of nitrogens with zero attached hydrogens (tertiary/aromatic N) is 2. The van der Waals surface area contributed by atoms with Crippen molar-refractivity contribution in [3.8, 4) is 17.2 Å². The van der Waals surface area contributed by atoms with Gasteiger partial charge in [-0.2, -0.15) is 5.26 Å². The standard InChI is InChI=1S/C23H31N3O4S/c1-7-20-19(13-24)21(22(26(20)6)23(27)30-8-2)18-11-9-17(10-12-18)16(5)14-25-31(28,29)15(3)4/h9-12,15-16,25H,7-8,14H2,1-6H3. The highest BCUT2D eigenvalue weighted by Gasteiger charge is 2.27. The second-order valence-electron chi connectivity index (χ2n) is 7.76. The molecule has 2 aromatic rings. The van der Waals surface area contributed by atoms with Gasteiger partial charge < -0.3 is 9.30 Å². The highest BCUT2D eigenvalue weighted by Crippen LogP contribution is 2.34. The monoisotopic (exact) mass is 445 g/mol. The quantitative estimate of drug-likeness (QED) is 0.593. The van der Waals surface area contributed by atoms with E-state index in [0.717, 1.165) is 16.8 Å². The molecule has 0 aliphatic rings. The molecule has 0 aliphatic heterocycles. The van der Waals surface area contributed by atoms with Gasteiger partial charge in [-0.25, -0.2) is 17.9 Å². The molecule has 2 rings (SSSR count). The lowest BCUT2D eigenvalue weighted by atomic mass is 9.95. The van der Waals surface area contributed by atoms with E-state index in [-0.39, 0.29) is 12.5 Å². The normalized spacial score (nSPS) is 12.6. The highest BCUT2D eigenvalue weighted by atomic mass is 32.2. The van der Waals surface area contributed by atoms with Gasteiger partial charge in [-0.3, -0.25) is 0 Å². The molecule has 0 spiro atoms. The summed E-state index contributed by atoms with van der Waals surface area (Å²) < 4.78 is 33.6. The van der Waals surface area contributed by atoms with Crippen molar-refractivity contribution >= 4 is 16.0 Å². The maximum absolute atomic E-state index is 12.6. The SMILES string of the molecule is CCOC(=O)c1c(-c2ccc(C(C)CNS(=O)(=O)C(C)C)cc2)c(C#N)c(CC)n1C. The topological polar surface area (TPSA) is 101 Å². The fourth-order valence-corrected chi connectivity index (χ4v) is 4.31. The molecule has 1 aromatic carbocycles. The third-order valence-electron chi connectivity index (χ3n) is 5.41. The molecule has 0 saturated heterocycles. The first-order valence-corrected chi connectivity index (χ1v) is 12.0. The minimum absolute atomic E-state index is 0.0375. The summed E-state index contributed by atoms with van der Waals surface area (Å²) in [5.41, 5.74) is 3.88. The zero-order valence-electron chi connectivity index (χ0n) is 19.0. The van der Waals surface area contributed by atoms with Gasteiger partial charge in [-0.1, -0.05) is 38.1 Å². The molecule has 1 unspecified atom stereocenters. The number of aromatic nitrogens is 1. The lowest BCUT2D eigenvalue weighted by Gasteiger charge is -2.15. The van der Waals surface area contributed by atoms with Crippen LogP contribution in [0, 0.1) is 11.3 Å². The largest absolute Gasteiger partial charge is 0.461 e. The van der Waals surface area contributed by atoms with E-state index >= 15 is 0 Å². The average Bonchev–Trinajstić information content (AvgIpc) is 3.03. The van der Waals surface area contributed by atoms with Crippen molar-refractivity contribution in [1.82, 2.24) is 9.29 Å². The van der Waals surface area contributed by atoms with Gasteiger partial charge in [0.15, 0.2) is 0 Å². The second kappa shape index (κ2) is 10.1. The van der Waals surface area contributed by atoms with Crippen molar-refractivity contribution < 1.29 is 17.9 Å². The maximum Gasteiger partial charge on any atom is 0.355 e. The Morgan fingerprint density at radius 1 is 1.19 bits per heavy atom. The number of nitrogens with one attached hydrogen (secondary N) is 1. The summed E-state index contributed by atoms with van der Waals surface area (Å²) in [5.74, 6) is -0.499. The highest BCUT2D eigenvalue weighted by molar-refractivity contribution is 7.90. The minimum atomic E-state index is -3.33. The molecule has 0 fully saturated rings.